The summed E-state index contributed by atoms with van der Waals surface area (Å²) in [5, 5.41) is 0. The van der Waals surface area contributed by atoms with Gasteiger partial charge in [0.15, 0.2) is 5.78 Å². The third-order valence-electron chi connectivity index (χ3n) is 4.89. The molecule has 2 bridgehead atoms. The van der Waals surface area contributed by atoms with E-state index in [4.69, 9.17) is 0 Å². The third kappa shape index (κ3) is 3.51. The minimum absolute atomic E-state index is 0.0512. The summed E-state index contributed by atoms with van der Waals surface area (Å²) in [7, 11) is -0.428. The van der Waals surface area contributed by atoms with Gasteiger partial charge in [0.25, 0.3) is 16.1 Å². The van der Waals surface area contributed by atoms with Gasteiger partial charge < -0.3 is 4.90 Å². The van der Waals surface area contributed by atoms with Crippen LogP contribution in [0.25, 0.3) is 0 Å². The van der Waals surface area contributed by atoms with Crippen LogP contribution in [-0.4, -0.2) is 73.4 Å². The molecule has 1 aromatic rings. The fourth-order valence-electron chi connectivity index (χ4n) is 3.49. The van der Waals surface area contributed by atoms with Gasteiger partial charge in [-0.25, -0.2) is 0 Å². The number of rotatable bonds is 4. The Morgan fingerprint density at radius 1 is 1.12 bits per heavy atom. The molecular weight excluding hydrogens is 362 g/mol. The standard InChI is InChI=1S/C16H23N3O4S2/c1-11(20)14-6-7-15(24-14)16(21)19-9-12-4-5-13(19)10-18(8-12)25(22,23)17(2)3/h6-7,12-13H,4-5,8-10H2,1-3H3/t12-,13+/m0/s1. The number of fused-ring (bicyclic) bond motifs is 4. The molecule has 0 spiro atoms. The smallest absolute Gasteiger partial charge is 0.281 e. The lowest BCUT2D eigenvalue weighted by Gasteiger charge is -2.35. The van der Waals surface area contributed by atoms with Crippen molar-refractivity contribution in [1.29, 1.82) is 0 Å². The summed E-state index contributed by atoms with van der Waals surface area (Å²) in [5.41, 5.74) is 0. The molecule has 0 saturated carbocycles. The average Bonchev–Trinajstić information content (AvgIpc) is 2.86. The van der Waals surface area contributed by atoms with Crippen molar-refractivity contribution < 1.29 is 18.0 Å². The van der Waals surface area contributed by atoms with Gasteiger partial charge in [0.05, 0.1) is 9.75 Å². The van der Waals surface area contributed by atoms with Gasteiger partial charge in [-0.15, -0.1) is 11.3 Å². The van der Waals surface area contributed by atoms with Gasteiger partial charge in [-0.2, -0.15) is 17.0 Å². The van der Waals surface area contributed by atoms with Crippen LogP contribution in [0.2, 0.25) is 0 Å². The first-order chi connectivity index (χ1) is 11.7. The van der Waals surface area contributed by atoms with E-state index in [1.807, 2.05) is 0 Å². The lowest BCUT2D eigenvalue weighted by molar-refractivity contribution is 0.0593. The second kappa shape index (κ2) is 6.79. The van der Waals surface area contributed by atoms with Crippen molar-refractivity contribution in [2.75, 3.05) is 33.7 Å². The van der Waals surface area contributed by atoms with Gasteiger partial charge in [0, 0.05) is 39.8 Å². The fourth-order valence-corrected chi connectivity index (χ4v) is 5.57. The van der Waals surface area contributed by atoms with Crippen LogP contribution in [0.4, 0.5) is 0 Å². The Morgan fingerprint density at radius 3 is 2.40 bits per heavy atom. The minimum atomic E-state index is -3.48. The van der Waals surface area contributed by atoms with Crippen LogP contribution < -0.4 is 0 Å². The number of carbonyl (C=O) groups is 2. The summed E-state index contributed by atoms with van der Waals surface area (Å²) in [6.45, 7) is 2.83. The van der Waals surface area contributed by atoms with Crippen molar-refractivity contribution in [3.63, 3.8) is 0 Å². The Labute approximate surface area is 152 Å². The normalized spacial score (nSPS) is 24.6. The third-order valence-corrected chi connectivity index (χ3v) is 7.94. The highest BCUT2D eigenvalue weighted by Crippen LogP contribution is 2.31. The molecule has 1 amide bonds. The lowest BCUT2D eigenvalue weighted by Crippen LogP contribution is -2.48. The van der Waals surface area contributed by atoms with E-state index in [9.17, 15) is 18.0 Å². The molecule has 4 rings (SSSR count). The van der Waals surface area contributed by atoms with Crippen molar-refractivity contribution in [1.82, 2.24) is 13.5 Å². The first kappa shape index (κ1) is 18.5. The molecule has 9 heteroatoms. The zero-order valence-corrected chi connectivity index (χ0v) is 16.3. The van der Waals surface area contributed by atoms with Crippen LogP contribution in [0.5, 0.6) is 0 Å². The highest BCUT2D eigenvalue weighted by molar-refractivity contribution is 7.86. The van der Waals surface area contributed by atoms with Crippen LogP contribution in [0.3, 0.4) is 0 Å². The monoisotopic (exact) mass is 385 g/mol. The van der Waals surface area contributed by atoms with Crippen LogP contribution in [-0.2, 0) is 10.2 Å². The van der Waals surface area contributed by atoms with E-state index in [2.05, 4.69) is 0 Å². The molecule has 3 aliphatic rings. The van der Waals surface area contributed by atoms with Gasteiger partial charge >= 0.3 is 0 Å². The van der Waals surface area contributed by atoms with E-state index in [1.165, 1.54) is 41.0 Å². The zero-order chi connectivity index (χ0) is 18.4. The van der Waals surface area contributed by atoms with E-state index in [0.29, 0.717) is 29.4 Å². The number of piperidine rings is 1. The molecule has 0 N–H and O–H groups in total. The molecule has 3 fully saturated rings. The molecule has 1 aromatic heterocycles. The summed E-state index contributed by atoms with van der Waals surface area (Å²) in [6, 6.07) is 3.25. The van der Waals surface area contributed by atoms with E-state index >= 15 is 0 Å². The van der Waals surface area contributed by atoms with E-state index in [-0.39, 0.29) is 23.7 Å². The minimum Gasteiger partial charge on any atom is -0.333 e. The van der Waals surface area contributed by atoms with Crippen molar-refractivity contribution >= 4 is 33.2 Å². The quantitative estimate of drug-likeness (QED) is 0.732. The maximum Gasteiger partial charge on any atom is 0.281 e. The Balaban J connectivity index is 1.83. The number of ketones is 1. The molecule has 4 heterocycles. The van der Waals surface area contributed by atoms with Crippen LogP contribution >= 0.6 is 11.3 Å². The fraction of sp³-hybridized carbons (Fsp3) is 0.625. The van der Waals surface area contributed by atoms with E-state index < -0.39 is 10.2 Å². The SMILES string of the molecule is CC(=O)c1ccc(C(=O)N2C[C@H]3CC[C@@H]2CN(S(=O)(=O)N(C)C)C3)s1. The molecule has 0 radical (unpaired) electrons. The van der Waals surface area contributed by atoms with Gasteiger partial charge in [-0.3, -0.25) is 9.59 Å². The zero-order valence-electron chi connectivity index (χ0n) is 14.6. The summed E-state index contributed by atoms with van der Waals surface area (Å²) < 4.78 is 27.7. The number of nitrogens with zero attached hydrogens (tertiary/aromatic N) is 3. The second-order valence-corrected chi connectivity index (χ2v) is 10.1. The summed E-state index contributed by atoms with van der Waals surface area (Å²) in [4.78, 5) is 27.3. The molecule has 0 aliphatic carbocycles. The first-order valence-electron chi connectivity index (χ1n) is 8.29. The number of hydrogen-bond donors (Lipinski definition) is 0. The Morgan fingerprint density at radius 2 is 1.80 bits per heavy atom. The van der Waals surface area contributed by atoms with Crippen molar-refractivity contribution in [2.45, 2.75) is 25.8 Å². The number of amides is 1. The van der Waals surface area contributed by atoms with Gasteiger partial charge in [0.1, 0.15) is 0 Å². The predicted molar refractivity (Wildman–Crippen MR) is 96.1 cm³/mol. The molecule has 138 valence electrons. The van der Waals surface area contributed by atoms with Crippen molar-refractivity contribution in [3.05, 3.63) is 21.9 Å². The maximum atomic E-state index is 12.9. The first-order valence-corrected chi connectivity index (χ1v) is 10.5. The van der Waals surface area contributed by atoms with E-state index in [1.54, 1.807) is 17.0 Å². The van der Waals surface area contributed by atoms with E-state index in [0.717, 1.165) is 12.8 Å². The number of carbonyl (C=O) groups excluding carboxylic acids is 2. The van der Waals surface area contributed by atoms with Crippen molar-refractivity contribution in [2.24, 2.45) is 5.92 Å². The van der Waals surface area contributed by atoms with Gasteiger partial charge in [0.2, 0.25) is 0 Å². The highest BCUT2D eigenvalue weighted by Gasteiger charge is 2.41. The average molecular weight is 386 g/mol. The molecule has 0 unspecified atom stereocenters. The molecule has 3 saturated heterocycles. The largest absolute Gasteiger partial charge is 0.333 e. The molecule has 2 atom stereocenters. The van der Waals surface area contributed by atoms with Crippen LogP contribution in [0.15, 0.2) is 12.1 Å². The summed E-state index contributed by atoms with van der Waals surface area (Å²) in [6.07, 6.45) is 1.73. The highest BCUT2D eigenvalue weighted by atomic mass is 32.2. The topological polar surface area (TPSA) is 78.0 Å². The molecule has 7 nitrogen and oxygen atoms in total. The Hall–Kier alpha value is -1.29. The predicted octanol–water partition coefficient (Wildman–Crippen LogP) is 1.29. The van der Waals surface area contributed by atoms with Gasteiger partial charge in [-0.05, 0) is 37.8 Å². The Kier molecular flexibility index (Phi) is 5.02. The maximum absolute atomic E-state index is 12.9. The molecular formula is C16H23N3O4S2. The Bertz CT molecular complexity index is 787. The van der Waals surface area contributed by atoms with Crippen molar-refractivity contribution in [3.8, 4) is 0 Å². The van der Waals surface area contributed by atoms with Crippen LogP contribution in [0.1, 0.15) is 39.1 Å². The van der Waals surface area contributed by atoms with Gasteiger partial charge in [-0.1, -0.05) is 0 Å². The second-order valence-electron chi connectivity index (χ2n) is 6.88. The number of hydrogen-bond acceptors (Lipinski definition) is 5. The molecule has 25 heavy (non-hydrogen) atoms. The molecule has 0 aromatic carbocycles. The lowest BCUT2D eigenvalue weighted by atomic mass is 9.95. The van der Waals surface area contributed by atoms with Crippen LogP contribution in [0, 0.1) is 5.92 Å². The summed E-state index contributed by atoms with van der Waals surface area (Å²) in [5.74, 6) is -0.00865. The number of Topliss-reactive ketones (excluding diaryl/α,β-unsaturated/α-hetero) is 1. The number of thiophene rings is 1. The summed E-state index contributed by atoms with van der Waals surface area (Å²) >= 11 is 1.21. The molecule has 3 aliphatic heterocycles.